The summed E-state index contributed by atoms with van der Waals surface area (Å²) in [6.45, 7) is 0. The Bertz CT molecular complexity index is 149. The quantitative estimate of drug-likeness (QED) is 0.141. The summed E-state index contributed by atoms with van der Waals surface area (Å²) in [5, 5.41) is 10.7. The Morgan fingerprint density at radius 2 is 2.18 bits per heavy atom. The highest BCUT2D eigenvalue weighted by Crippen LogP contribution is 2.04. The Morgan fingerprint density at radius 3 is 2.55 bits per heavy atom. The van der Waals surface area contributed by atoms with Gasteiger partial charge in [-0.3, -0.25) is 0 Å². The molecule has 0 aliphatic rings. The van der Waals surface area contributed by atoms with Crippen molar-refractivity contribution in [1.29, 1.82) is 0 Å². The van der Waals surface area contributed by atoms with Gasteiger partial charge in [-0.1, -0.05) is 5.16 Å². The van der Waals surface area contributed by atoms with Crippen LogP contribution in [0.3, 0.4) is 0 Å². The summed E-state index contributed by atoms with van der Waals surface area (Å²) >= 11 is 0. The molecule has 66 valence electrons. The van der Waals surface area contributed by atoms with Gasteiger partial charge in [0, 0.05) is 19.6 Å². The minimum Gasteiger partial charge on any atom is -0.409 e. The second-order valence-electron chi connectivity index (χ2n) is 2.04. The normalized spacial score (nSPS) is 13.5. The molecule has 0 aromatic rings. The van der Waals surface area contributed by atoms with Gasteiger partial charge >= 0.3 is 8.80 Å². The highest BCUT2D eigenvalue weighted by Gasteiger charge is 2.30. The highest BCUT2D eigenvalue weighted by molar-refractivity contribution is 6.57. The molecule has 0 saturated carbocycles. The van der Waals surface area contributed by atoms with E-state index in [9.17, 15) is 0 Å². The minimum absolute atomic E-state index is 0.000602. The van der Waals surface area contributed by atoms with Gasteiger partial charge in [-0.15, -0.1) is 0 Å². The van der Waals surface area contributed by atoms with E-state index in [1.54, 1.807) is 0 Å². The van der Waals surface area contributed by atoms with Crippen LogP contribution in [0.2, 0.25) is 6.04 Å². The number of hydrogen-bond donors (Lipinski definition) is 4. The molecule has 0 aliphatic heterocycles. The fraction of sp³-hybridized carbons (Fsp3) is 0.750. The van der Waals surface area contributed by atoms with Crippen LogP contribution in [0, 0.1) is 0 Å². The molecule has 0 bridgehead atoms. The lowest BCUT2D eigenvalue weighted by Gasteiger charge is -2.13. The van der Waals surface area contributed by atoms with E-state index in [0.29, 0.717) is 0 Å². The van der Waals surface area contributed by atoms with Crippen molar-refractivity contribution < 1.29 is 19.2 Å². The van der Waals surface area contributed by atoms with E-state index in [2.05, 4.69) is 9.58 Å². The third-order valence-electron chi connectivity index (χ3n) is 1.16. The van der Waals surface area contributed by atoms with Crippen LogP contribution in [0.25, 0.3) is 0 Å². The zero-order valence-corrected chi connectivity index (χ0v) is 7.19. The number of amidine groups is 1. The van der Waals surface area contributed by atoms with Crippen LogP contribution >= 0.6 is 0 Å². The predicted molar refractivity (Wildman–Crippen MR) is 40.0 cm³/mol. The average Bonchev–Trinajstić information content (AvgIpc) is 2.00. The smallest absolute Gasteiger partial charge is 0.409 e. The lowest BCUT2D eigenvalue weighted by atomic mass is 10.5. The lowest BCUT2D eigenvalue weighted by molar-refractivity contribution is 0.185. The van der Waals surface area contributed by atoms with E-state index >= 15 is 0 Å². The molecule has 0 atom stereocenters. The van der Waals surface area contributed by atoms with Gasteiger partial charge in [-0.25, -0.2) is 0 Å². The maximum atomic E-state index is 8.95. The molecule has 0 aromatic carbocycles. The van der Waals surface area contributed by atoms with Crippen LogP contribution in [-0.2, 0) is 4.43 Å². The van der Waals surface area contributed by atoms with Gasteiger partial charge in [-0.05, 0) is 0 Å². The second kappa shape index (κ2) is 4.29. The summed E-state index contributed by atoms with van der Waals surface area (Å²) in [7, 11) is -2.32. The van der Waals surface area contributed by atoms with Crippen molar-refractivity contribution in [3.63, 3.8) is 0 Å². The van der Waals surface area contributed by atoms with E-state index < -0.39 is 8.80 Å². The largest absolute Gasteiger partial charge is 0.495 e. The van der Waals surface area contributed by atoms with Gasteiger partial charge in [0.25, 0.3) is 0 Å². The maximum absolute atomic E-state index is 8.95. The zero-order valence-electron chi connectivity index (χ0n) is 6.19. The van der Waals surface area contributed by atoms with Crippen LogP contribution in [0.1, 0.15) is 6.42 Å². The Kier molecular flexibility index (Phi) is 4.04. The van der Waals surface area contributed by atoms with Crippen LogP contribution in [0.15, 0.2) is 5.16 Å². The first-order valence-electron chi connectivity index (χ1n) is 2.98. The molecule has 0 aromatic heterocycles. The second-order valence-corrected chi connectivity index (χ2v) is 4.43. The predicted octanol–water partition coefficient (Wildman–Crippen LogP) is -1.31. The number of nitrogens with two attached hydrogens (primary N) is 1. The van der Waals surface area contributed by atoms with Crippen molar-refractivity contribution in [2.75, 3.05) is 7.11 Å². The first kappa shape index (κ1) is 10.4. The monoisotopic (exact) mass is 180 g/mol. The zero-order chi connectivity index (χ0) is 8.91. The molecule has 0 heterocycles. The number of nitrogens with zero attached hydrogens (tertiary/aromatic N) is 1. The Labute approximate surface area is 65.3 Å². The molecule has 0 rings (SSSR count). The molecule has 11 heavy (non-hydrogen) atoms. The van der Waals surface area contributed by atoms with Crippen molar-refractivity contribution in [3.8, 4) is 0 Å². The van der Waals surface area contributed by atoms with Gasteiger partial charge in [-0.2, -0.15) is 0 Å². The third-order valence-corrected chi connectivity index (χ3v) is 2.72. The minimum atomic E-state index is -3.53. The molecular weight excluding hydrogens is 168 g/mol. The summed E-state index contributed by atoms with van der Waals surface area (Å²) in [5.41, 5.74) is 5.08. The molecule has 0 spiro atoms. The van der Waals surface area contributed by atoms with Gasteiger partial charge < -0.3 is 25.0 Å². The van der Waals surface area contributed by atoms with Gasteiger partial charge in [0.15, 0.2) is 0 Å². The first-order valence-corrected chi connectivity index (χ1v) is 4.99. The molecule has 0 saturated heterocycles. The maximum Gasteiger partial charge on any atom is 0.495 e. The molecule has 0 amide bonds. The molecule has 6 nitrogen and oxygen atoms in total. The van der Waals surface area contributed by atoms with Crippen molar-refractivity contribution in [2.24, 2.45) is 10.9 Å². The molecular formula is C4H12N2O4Si. The summed E-state index contributed by atoms with van der Waals surface area (Å²) in [6.07, 6.45) is 0.115. The summed E-state index contributed by atoms with van der Waals surface area (Å²) in [6, 6.07) is -0.000602. The number of rotatable bonds is 4. The van der Waals surface area contributed by atoms with Crippen LogP contribution < -0.4 is 5.73 Å². The fourth-order valence-corrected chi connectivity index (χ4v) is 1.23. The van der Waals surface area contributed by atoms with E-state index in [1.165, 1.54) is 7.11 Å². The number of oxime groups is 1. The van der Waals surface area contributed by atoms with E-state index in [1.807, 2.05) is 0 Å². The standard InChI is InChI=1S/C4H12N2O4Si/c1-10-11(8,9)3-2-4(5)6-7/h7-9H,2-3H2,1H3,(H2,5,6). The molecule has 0 fully saturated rings. The fourth-order valence-electron chi connectivity index (χ4n) is 0.443. The molecule has 0 unspecified atom stereocenters. The Balaban J connectivity index is 3.70. The summed E-state index contributed by atoms with van der Waals surface area (Å²) < 4.78 is 4.39. The molecule has 7 heteroatoms. The lowest BCUT2D eigenvalue weighted by Crippen LogP contribution is -2.38. The number of hydrogen-bond acceptors (Lipinski definition) is 5. The van der Waals surface area contributed by atoms with E-state index in [4.69, 9.17) is 20.5 Å². The molecule has 0 radical (unpaired) electrons. The van der Waals surface area contributed by atoms with E-state index in [-0.39, 0.29) is 18.3 Å². The summed E-state index contributed by atoms with van der Waals surface area (Å²) in [4.78, 5) is 17.9. The highest BCUT2D eigenvalue weighted by atomic mass is 28.4. The van der Waals surface area contributed by atoms with Gasteiger partial charge in [0.1, 0.15) is 5.84 Å². The van der Waals surface area contributed by atoms with Gasteiger partial charge in [0.2, 0.25) is 0 Å². The Morgan fingerprint density at radius 1 is 1.64 bits per heavy atom. The van der Waals surface area contributed by atoms with Crippen molar-refractivity contribution in [1.82, 2.24) is 0 Å². The SMILES string of the molecule is CO[Si](O)(O)CC/C(N)=N/O. The molecule has 5 N–H and O–H groups in total. The van der Waals surface area contributed by atoms with Crippen molar-refractivity contribution in [3.05, 3.63) is 0 Å². The topological polar surface area (TPSA) is 108 Å². The average molecular weight is 180 g/mol. The van der Waals surface area contributed by atoms with Gasteiger partial charge in [0.05, 0.1) is 0 Å². The first-order chi connectivity index (χ1) is 5.02. The Hall–Kier alpha value is -0.633. The van der Waals surface area contributed by atoms with Crippen LogP contribution in [0.5, 0.6) is 0 Å². The van der Waals surface area contributed by atoms with Crippen molar-refractivity contribution >= 4 is 14.6 Å². The third kappa shape index (κ3) is 4.73. The van der Waals surface area contributed by atoms with E-state index in [0.717, 1.165) is 0 Å². The molecule has 0 aliphatic carbocycles. The summed E-state index contributed by atoms with van der Waals surface area (Å²) in [5.74, 6) is -0.0398. The van der Waals surface area contributed by atoms with Crippen LogP contribution in [0.4, 0.5) is 0 Å². The van der Waals surface area contributed by atoms with Crippen molar-refractivity contribution in [2.45, 2.75) is 12.5 Å². The van der Waals surface area contributed by atoms with Crippen LogP contribution in [-0.4, -0.2) is 36.5 Å².